The van der Waals surface area contributed by atoms with Crippen molar-refractivity contribution in [1.82, 2.24) is 14.5 Å². The highest BCUT2D eigenvalue weighted by atomic mass is 16.2. The lowest BCUT2D eigenvalue weighted by Gasteiger charge is -2.21. The van der Waals surface area contributed by atoms with Gasteiger partial charge >= 0.3 is 5.69 Å². The minimum atomic E-state index is -0.632. The standard InChI is InChI=1S/C22H32N4O3/c1-25-20-16(10-7-5-3-2-4-6-8-15-23)11-9-12-17(20)26(22(25)29)18-13-14-19(27)24-21(18)28/h9,11-12,18H,2-8,10,13-15,23H2,1H3,(H,24,27,28). The lowest BCUT2D eigenvalue weighted by Crippen LogP contribution is -2.44. The summed E-state index contributed by atoms with van der Waals surface area (Å²) < 4.78 is 3.19. The van der Waals surface area contributed by atoms with Gasteiger partial charge in [-0.05, 0) is 43.9 Å². The van der Waals surface area contributed by atoms with Gasteiger partial charge in [0.15, 0.2) is 0 Å². The Morgan fingerprint density at radius 1 is 1.03 bits per heavy atom. The average molecular weight is 401 g/mol. The third kappa shape index (κ3) is 4.78. The van der Waals surface area contributed by atoms with E-state index in [0.717, 1.165) is 42.4 Å². The summed E-state index contributed by atoms with van der Waals surface area (Å²) in [6.07, 6.45) is 9.80. The van der Waals surface area contributed by atoms with Gasteiger partial charge in [0.2, 0.25) is 11.8 Å². The fraction of sp³-hybridized carbons (Fsp3) is 0.591. The van der Waals surface area contributed by atoms with Gasteiger partial charge in [-0.2, -0.15) is 0 Å². The van der Waals surface area contributed by atoms with Gasteiger partial charge in [0.1, 0.15) is 6.04 Å². The zero-order valence-corrected chi connectivity index (χ0v) is 17.3. The van der Waals surface area contributed by atoms with Crippen LogP contribution in [0.25, 0.3) is 11.0 Å². The average Bonchev–Trinajstić information content (AvgIpc) is 2.95. The van der Waals surface area contributed by atoms with Crippen LogP contribution in [0.5, 0.6) is 0 Å². The van der Waals surface area contributed by atoms with E-state index < -0.39 is 11.9 Å². The second-order valence-corrected chi connectivity index (χ2v) is 7.98. The summed E-state index contributed by atoms with van der Waals surface area (Å²) in [4.78, 5) is 36.7. The summed E-state index contributed by atoms with van der Waals surface area (Å²) in [5, 5.41) is 2.36. The van der Waals surface area contributed by atoms with E-state index in [4.69, 9.17) is 5.73 Å². The van der Waals surface area contributed by atoms with Crippen LogP contribution in [0.4, 0.5) is 0 Å². The molecule has 1 atom stereocenters. The first-order valence-corrected chi connectivity index (χ1v) is 10.8. The number of piperidine rings is 1. The molecule has 2 heterocycles. The number of nitrogens with one attached hydrogen (secondary N) is 1. The number of imidazole rings is 1. The number of benzene rings is 1. The van der Waals surface area contributed by atoms with Crippen molar-refractivity contribution in [2.75, 3.05) is 6.54 Å². The van der Waals surface area contributed by atoms with Gasteiger partial charge in [0.25, 0.3) is 0 Å². The Balaban J connectivity index is 1.72. The van der Waals surface area contributed by atoms with Crippen LogP contribution in [0.15, 0.2) is 23.0 Å². The summed E-state index contributed by atoms with van der Waals surface area (Å²) >= 11 is 0. The van der Waals surface area contributed by atoms with Crippen molar-refractivity contribution in [1.29, 1.82) is 0 Å². The molecule has 0 aliphatic carbocycles. The summed E-state index contributed by atoms with van der Waals surface area (Å²) in [5.41, 5.74) is 8.12. The number of para-hydroxylation sites is 1. The Bertz CT molecular complexity index is 928. The van der Waals surface area contributed by atoms with Crippen LogP contribution in [-0.2, 0) is 23.1 Å². The van der Waals surface area contributed by atoms with Crippen molar-refractivity contribution in [3.63, 3.8) is 0 Å². The molecule has 1 aromatic carbocycles. The Hall–Kier alpha value is -2.41. The van der Waals surface area contributed by atoms with Crippen molar-refractivity contribution in [2.45, 2.75) is 70.3 Å². The molecule has 1 unspecified atom stereocenters. The van der Waals surface area contributed by atoms with Gasteiger partial charge in [-0.15, -0.1) is 0 Å². The van der Waals surface area contributed by atoms with Crippen LogP contribution in [0.3, 0.4) is 0 Å². The maximum atomic E-state index is 12.9. The molecule has 0 radical (unpaired) electrons. The summed E-state index contributed by atoms with van der Waals surface area (Å²) in [7, 11) is 1.76. The zero-order valence-electron chi connectivity index (χ0n) is 17.3. The van der Waals surface area contributed by atoms with Crippen molar-refractivity contribution < 1.29 is 9.59 Å². The maximum Gasteiger partial charge on any atom is 0.329 e. The summed E-state index contributed by atoms with van der Waals surface area (Å²) in [5.74, 6) is -0.667. The quantitative estimate of drug-likeness (QED) is 0.473. The van der Waals surface area contributed by atoms with E-state index in [0.29, 0.717) is 6.42 Å². The number of carbonyl (C=O) groups excluding carboxylic acids is 2. The lowest BCUT2D eigenvalue weighted by molar-refractivity contribution is -0.135. The van der Waals surface area contributed by atoms with Crippen molar-refractivity contribution in [3.05, 3.63) is 34.2 Å². The molecule has 7 nitrogen and oxygen atoms in total. The third-order valence-electron chi connectivity index (χ3n) is 5.86. The van der Waals surface area contributed by atoms with Crippen LogP contribution >= 0.6 is 0 Å². The number of nitrogens with zero attached hydrogens (tertiary/aromatic N) is 2. The predicted octanol–water partition coefficient (Wildman–Crippen LogP) is 2.55. The van der Waals surface area contributed by atoms with Gasteiger partial charge in [0.05, 0.1) is 11.0 Å². The van der Waals surface area contributed by atoms with E-state index in [-0.39, 0.29) is 18.0 Å². The number of rotatable bonds is 10. The Morgan fingerprint density at radius 3 is 2.41 bits per heavy atom. The van der Waals surface area contributed by atoms with E-state index in [1.54, 1.807) is 16.2 Å². The Morgan fingerprint density at radius 2 is 1.72 bits per heavy atom. The molecule has 1 fully saturated rings. The molecule has 1 aliphatic rings. The van der Waals surface area contributed by atoms with E-state index in [9.17, 15) is 14.4 Å². The normalized spacial score (nSPS) is 17.1. The first-order chi connectivity index (χ1) is 14.0. The molecule has 0 spiro atoms. The van der Waals surface area contributed by atoms with Crippen LogP contribution in [0.1, 0.15) is 69.4 Å². The molecule has 1 saturated heterocycles. The molecule has 1 aromatic heterocycles. The Labute approximate surface area is 171 Å². The first kappa shape index (κ1) is 21.3. The number of imide groups is 1. The second-order valence-electron chi connectivity index (χ2n) is 7.98. The largest absolute Gasteiger partial charge is 0.330 e. The van der Waals surface area contributed by atoms with Crippen molar-refractivity contribution >= 4 is 22.8 Å². The van der Waals surface area contributed by atoms with E-state index in [2.05, 4.69) is 11.4 Å². The van der Waals surface area contributed by atoms with E-state index in [1.165, 1.54) is 32.1 Å². The molecule has 2 amide bonds. The summed E-state index contributed by atoms with van der Waals surface area (Å²) in [6, 6.07) is 5.28. The number of carbonyl (C=O) groups is 2. The number of amides is 2. The van der Waals surface area contributed by atoms with Gasteiger partial charge in [0, 0.05) is 13.5 Å². The topological polar surface area (TPSA) is 99.1 Å². The lowest BCUT2D eigenvalue weighted by atomic mass is 10.0. The number of hydrogen-bond acceptors (Lipinski definition) is 4. The second kappa shape index (κ2) is 9.87. The molecule has 0 bridgehead atoms. The van der Waals surface area contributed by atoms with E-state index in [1.807, 2.05) is 12.1 Å². The first-order valence-electron chi connectivity index (χ1n) is 10.8. The predicted molar refractivity (Wildman–Crippen MR) is 114 cm³/mol. The fourth-order valence-corrected chi connectivity index (χ4v) is 4.29. The molecule has 0 saturated carbocycles. The molecule has 2 aromatic rings. The monoisotopic (exact) mass is 400 g/mol. The highest BCUT2D eigenvalue weighted by molar-refractivity contribution is 6.00. The third-order valence-corrected chi connectivity index (χ3v) is 5.86. The van der Waals surface area contributed by atoms with Crippen LogP contribution < -0.4 is 16.7 Å². The fourth-order valence-electron chi connectivity index (χ4n) is 4.29. The zero-order chi connectivity index (χ0) is 20.8. The molecular formula is C22H32N4O3. The van der Waals surface area contributed by atoms with Gasteiger partial charge < -0.3 is 5.73 Å². The summed E-state index contributed by atoms with van der Waals surface area (Å²) in [6.45, 7) is 0.779. The number of hydrogen-bond donors (Lipinski definition) is 2. The van der Waals surface area contributed by atoms with Crippen LogP contribution in [0.2, 0.25) is 0 Å². The molecule has 7 heteroatoms. The molecule has 3 N–H and O–H groups in total. The number of fused-ring (bicyclic) bond motifs is 1. The van der Waals surface area contributed by atoms with E-state index >= 15 is 0 Å². The Kier molecular flexibility index (Phi) is 7.25. The highest BCUT2D eigenvalue weighted by Gasteiger charge is 2.31. The molecule has 158 valence electrons. The van der Waals surface area contributed by atoms with Gasteiger partial charge in [-0.25, -0.2) is 4.79 Å². The SMILES string of the molecule is Cn1c(=O)n(C2CCC(=O)NC2=O)c2cccc(CCCCCCCCCN)c21. The number of aryl methyl sites for hydroxylation is 2. The van der Waals surface area contributed by atoms with Crippen LogP contribution in [0, 0.1) is 0 Å². The molecular weight excluding hydrogens is 368 g/mol. The minimum Gasteiger partial charge on any atom is -0.330 e. The van der Waals surface area contributed by atoms with Crippen molar-refractivity contribution in [2.24, 2.45) is 12.8 Å². The van der Waals surface area contributed by atoms with Gasteiger partial charge in [-0.1, -0.05) is 44.2 Å². The number of unbranched alkanes of at least 4 members (excludes halogenated alkanes) is 6. The number of nitrogens with two attached hydrogens (primary N) is 1. The molecule has 3 rings (SSSR count). The maximum absolute atomic E-state index is 12.9. The van der Waals surface area contributed by atoms with Gasteiger partial charge in [-0.3, -0.25) is 24.0 Å². The molecule has 29 heavy (non-hydrogen) atoms. The highest BCUT2D eigenvalue weighted by Crippen LogP contribution is 2.26. The number of aromatic nitrogens is 2. The molecule has 1 aliphatic heterocycles. The van der Waals surface area contributed by atoms with Crippen LogP contribution in [-0.4, -0.2) is 27.5 Å². The smallest absolute Gasteiger partial charge is 0.329 e. The van der Waals surface area contributed by atoms with Crippen molar-refractivity contribution in [3.8, 4) is 0 Å². The minimum absolute atomic E-state index is 0.207.